The van der Waals surface area contributed by atoms with Gasteiger partial charge >= 0.3 is 0 Å². The van der Waals surface area contributed by atoms with E-state index in [9.17, 15) is 5.11 Å². The number of H-pyrrole nitrogens is 1. The number of aromatic nitrogens is 6. The molecule has 0 radical (unpaired) electrons. The Kier molecular flexibility index (Phi) is 6.58. The van der Waals surface area contributed by atoms with Crippen LogP contribution in [-0.4, -0.2) is 54.3 Å². The molecule has 0 unspecified atom stereocenters. The molecule has 8 heteroatoms. The number of imidazole rings is 2. The van der Waals surface area contributed by atoms with Crippen LogP contribution in [0.25, 0.3) is 33.5 Å². The highest BCUT2D eigenvalue weighted by molar-refractivity contribution is 5.91. The molecule has 8 nitrogen and oxygen atoms in total. The number of hydrogen-bond donors (Lipinski definition) is 2. The van der Waals surface area contributed by atoms with Gasteiger partial charge in [-0.3, -0.25) is 0 Å². The summed E-state index contributed by atoms with van der Waals surface area (Å²) in [6, 6.07) is 6.99. The van der Waals surface area contributed by atoms with E-state index in [1.807, 2.05) is 20.2 Å². The molecule has 34 heavy (non-hydrogen) atoms. The van der Waals surface area contributed by atoms with Crippen LogP contribution in [0.1, 0.15) is 58.4 Å². The fourth-order valence-corrected chi connectivity index (χ4v) is 5.04. The summed E-state index contributed by atoms with van der Waals surface area (Å²) in [5.41, 5.74) is 6.60. The van der Waals surface area contributed by atoms with Gasteiger partial charge in [0, 0.05) is 24.7 Å². The lowest BCUT2D eigenvalue weighted by Gasteiger charge is -2.26. The van der Waals surface area contributed by atoms with Gasteiger partial charge in [0.15, 0.2) is 5.65 Å². The molecule has 0 amide bonds. The first-order valence-corrected chi connectivity index (χ1v) is 12.5. The van der Waals surface area contributed by atoms with Crippen molar-refractivity contribution in [1.29, 1.82) is 0 Å². The Hall–Kier alpha value is -3.26. The van der Waals surface area contributed by atoms with Crippen LogP contribution in [0.5, 0.6) is 0 Å². The van der Waals surface area contributed by atoms with Crippen LogP contribution in [0.2, 0.25) is 0 Å². The zero-order valence-electron chi connectivity index (χ0n) is 20.0. The molecular weight excluding hydrogens is 426 g/mol. The van der Waals surface area contributed by atoms with Crippen LogP contribution >= 0.6 is 0 Å². The van der Waals surface area contributed by atoms with Gasteiger partial charge in [0.1, 0.15) is 11.2 Å². The van der Waals surface area contributed by atoms with E-state index in [1.165, 1.54) is 37.6 Å². The normalized spacial score (nSPS) is 17.0. The average Bonchev–Trinajstić information content (AvgIpc) is 3.56. The summed E-state index contributed by atoms with van der Waals surface area (Å²) >= 11 is 0. The van der Waals surface area contributed by atoms with E-state index >= 15 is 0 Å². The van der Waals surface area contributed by atoms with E-state index < -0.39 is 0 Å². The number of anilines is 1. The lowest BCUT2D eigenvalue weighted by atomic mass is 9.95. The first kappa shape index (κ1) is 22.5. The van der Waals surface area contributed by atoms with Crippen molar-refractivity contribution in [2.75, 3.05) is 24.6 Å². The Bertz CT molecular complexity index is 1300. The number of rotatable bonds is 4. The highest BCUT2D eigenvalue weighted by atomic mass is 16.3. The predicted molar refractivity (Wildman–Crippen MR) is 136 cm³/mol. The minimum atomic E-state index is 0.117. The maximum Gasteiger partial charge on any atom is 0.228 e. The fourth-order valence-electron chi connectivity index (χ4n) is 5.04. The summed E-state index contributed by atoms with van der Waals surface area (Å²) in [5, 5.41) is 9.39. The van der Waals surface area contributed by atoms with Gasteiger partial charge in [-0.1, -0.05) is 45.3 Å². The smallest absolute Gasteiger partial charge is 0.228 e. The third-order valence-electron chi connectivity index (χ3n) is 6.88. The van der Waals surface area contributed by atoms with Gasteiger partial charge in [-0.15, -0.1) is 0 Å². The fraction of sp³-hybridized carbons (Fsp3) is 0.462. The van der Waals surface area contributed by atoms with Crippen molar-refractivity contribution in [2.45, 2.75) is 58.4 Å². The Morgan fingerprint density at radius 1 is 1.09 bits per heavy atom. The number of aliphatic hydroxyl groups excluding tert-OH is 1. The molecule has 0 atom stereocenters. The average molecular weight is 460 g/mol. The molecule has 2 N–H and O–H groups in total. The van der Waals surface area contributed by atoms with Gasteiger partial charge in [0.25, 0.3) is 0 Å². The topological polar surface area (TPSA) is 95.8 Å². The van der Waals surface area contributed by atoms with Crippen LogP contribution in [0, 0.1) is 0 Å². The minimum Gasteiger partial charge on any atom is -0.392 e. The molecule has 6 rings (SSSR count). The van der Waals surface area contributed by atoms with Crippen molar-refractivity contribution in [2.24, 2.45) is 0 Å². The molecule has 3 aromatic heterocycles. The van der Waals surface area contributed by atoms with Gasteiger partial charge in [-0.25, -0.2) is 15.0 Å². The van der Waals surface area contributed by atoms with Crippen LogP contribution in [-0.2, 0) is 0 Å². The van der Waals surface area contributed by atoms with Crippen LogP contribution in [0.15, 0.2) is 42.5 Å². The highest BCUT2D eigenvalue weighted by Gasteiger charge is 2.20. The van der Waals surface area contributed by atoms with Crippen LogP contribution < -0.4 is 4.90 Å². The maximum absolute atomic E-state index is 9.39. The third-order valence-corrected chi connectivity index (χ3v) is 6.88. The molecule has 178 valence electrons. The van der Waals surface area contributed by atoms with E-state index in [0.717, 1.165) is 40.8 Å². The van der Waals surface area contributed by atoms with E-state index in [0.29, 0.717) is 24.2 Å². The number of hydrogen-bond acceptors (Lipinski definition) is 6. The first-order valence-electron chi connectivity index (χ1n) is 12.5. The molecule has 0 saturated heterocycles. The second kappa shape index (κ2) is 9.93. The van der Waals surface area contributed by atoms with Crippen LogP contribution in [0.4, 0.5) is 5.95 Å². The summed E-state index contributed by atoms with van der Waals surface area (Å²) in [5.74, 6) is 0.667. The molecule has 1 fully saturated rings. The molecular formula is C26H33N7O. The summed E-state index contributed by atoms with van der Waals surface area (Å²) < 4.78 is 2.36. The number of nitrogens with one attached hydrogen (secondary N) is 1. The molecule has 0 spiro atoms. The monoisotopic (exact) mass is 459 g/mol. The second-order valence-electron chi connectivity index (χ2n) is 8.84. The second-order valence-corrected chi connectivity index (χ2v) is 8.84. The lowest BCUT2D eigenvalue weighted by Crippen LogP contribution is -2.30. The standard InChI is InChI=1S/C24H27N7O.C2H6/c32-13-16-8-10-30(11-9-16)24-28-21(22-23(29-24)26-14-25-22)17-6-7-20-19(12-17)27-15-31(20)18-4-2-1-3-5-18;1-2/h6-8,12,14-15,18,32H,1-5,9-11,13H2,(H,25,26,28,29);1-2H3. The quantitative estimate of drug-likeness (QED) is 0.416. The number of fused-ring (bicyclic) bond motifs is 2. The van der Waals surface area contributed by atoms with Gasteiger partial charge in [0.05, 0.1) is 30.3 Å². The molecule has 1 saturated carbocycles. The van der Waals surface area contributed by atoms with Gasteiger partial charge in [-0.2, -0.15) is 4.98 Å². The largest absolute Gasteiger partial charge is 0.392 e. The summed E-state index contributed by atoms with van der Waals surface area (Å²) in [6.07, 6.45) is 13.0. The third kappa shape index (κ3) is 4.18. The van der Waals surface area contributed by atoms with Crippen molar-refractivity contribution in [1.82, 2.24) is 29.5 Å². The molecule has 4 aromatic rings. The Morgan fingerprint density at radius 2 is 1.94 bits per heavy atom. The predicted octanol–water partition coefficient (Wildman–Crippen LogP) is 5.03. The van der Waals surface area contributed by atoms with Crippen molar-refractivity contribution < 1.29 is 5.11 Å². The lowest BCUT2D eigenvalue weighted by molar-refractivity contribution is 0.325. The number of aliphatic hydroxyl groups is 1. The van der Waals surface area contributed by atoms with E-state index in [-0.39, 0.29) is 6.61 Å². The molecule has 1 aliphatic heterocycles. The number of aromatic amines is 1. The molecule has 2 aliphatic rings. The SMILES string of the molecule is CC.OCC1=CCN(c2nc(-c3ccc4c(c3)ncn4C3CCCCC3)c3[nH]cnc3n2)CC1. The Labute approximate surface area is 199 Å². The van der Waals surface area contributed by atoms with Crippen molar-refractivity contribution in [3.8, 4) is 11.3 Å². The van der Waals surface area contributed by atoms with Crippen molar-refractivity contribution >= 4 is 28.1 Å². The van der Waals surface area contributed by atoms with E-state index in [2.05, 4.69) is 48.7 Å². The Morgan fingerprint density at radius 3 is 2.71 bits per heavy atom. The Balaban J connectivity index is 0.00000117. The van der Waals surface area contributed by atoms with Crippen molar-refractivity contribution in [3.05, 3.63) is 42.5 Å². The number of benzene rings is 1. The van der Waals surface area contributed by atoms with Crippen molar-refractivity contribution in [3.63, 3.8) is 0 Å². The van der Waals surface area contributed by atoms with E-state index in [1.54, 1.807) is 6.33 Å². The maximum atomic E-state index is 9.39. The van der Waals surface area contributed by atoms with Crippen LogP contribution in [0.3, 0.4) is 0 Å². The molecule has 4 heterocycles. The zero-order chi connectivity index (χ0) is 23.5. The summed E-state index contributed by atoms with van der Waals surface area (Å²) in [7, 11) is 0. The van der Waals surface area contributed by atoms with Gasteiger partial charge in [0.2, 0.25) is 5.95 Å². The molecule has 1 aliphatic carbocycles. The molecule has 1 aromatic carbocycles. The first-order chi connectivity index (χ1) is 16.8. The van der Waals surface area contributed by atoms with Gasteiger partial charge < -0.3 is 19.6 Å². The number of nitrogens with zero attached hydrogens (tertiary/aromatic N) is 6. The summed E-state index contributed by atoms with van der Waals surface area (Å²) in [6.45, 7) is 5.59. The highest BCUT2D eigenvalue weighted by Crippen LogP contribution is 2.33. The minimum absolute atomic E-state index is 0.117. The van der Waals surface area contributed by atoms with Gasteiger partial charge in [-0.05, 0) is 37.0 Å². The summed E-state index contributed by atoms with van der Waals surface area (Å²) in [4.78, 5) is 24.1. The molecule has 0 bridgehead atoms. The zero-order valence-corrected chi connectivity index (χ0v) is 20.0. The van der Waals surface area contributed by atoms with E-state index in [4.69, 9.17) is 9.97 Å².